The lowest BCUT2D eigenvalue weighted by atomic mass is 9.83. The number of alkyl carbamates (subject to hydrolysis) is 1. The molecule has 1 aliphatic carbocycles. The number of alkyl halides is 2. The molecule has 3 aliphatic rings. The first-order chi connectivity index (χ1) is 19.4. The summed E-state index contributed by atoms with van der Waals surface area (Å²) in [5.74, 6) is -3.56. The number of likely N-dealkylation sites (tertiary alicyclic amines) is 1. The van der Waals surface area contributed by atoms with Gasteiger partial charge in [0.25, 0.3) is 0 Å². The van der Waals surface area contributed by atoms with Crippen molar-refractivity contribution in [2.45, 2.75) is 102 Å². The Labute approximate surface area is 238 Å². The number of benzene rings is 1. The molecule has 2 saturated heterocycles. The van der Waals surface area contributed by atoms with Crippen LogP contribution in [0.3, 0.4) is 0 Å². The van der Waals surface area contributed by atoms with E-state index in [0.29, 0.717) is 19.3 Å². The average molecular weight is 580 g/mol. The van der Waals surface area contributed by atoms with Gasteiger partial charge in [-0.1, -0.05) is 49.6 Å². The van der Waals surface area contributed by atoms with Crippen LogP contribution in [0.4, 0.5) is 13.6 Å². The van der Waals surface area contributed by atoms with Gasteiger partial charge in [0.2, 0.25) is 18.2 Å². The SMILES string of the molecule is CC1(C)C[C@H]2[C@H](CN(C(=O)[C@@H](NC(=O)OCc3ccccc3)C3CCCCC3)[C@@H]2C(=O)N[C@@H](CC(F)F)C(=O)O)O1. The topological polar surface area (TPSA) is 134 Å². The van der Waals surface area contributed by atoms with Gasteiger partial charge in [0, 0.05) is 18.9 Å². The minimum absolute atomic E-state index is 0.0147. The van der Waals surface area contributed by atoms with Crippen LogP contribution in [0.5, 0.6) is 0 Å². The Hall–Kier alpha value is -3.28. The first-order valence-electron chi connectivity index (χ1n) is 14.2. The van der Waals surface area contributed by atoms with Gasteiger partial charge < -0.3 is 30.1 Å². The normalized spacial score (nSPS) is 25.3. The molecule has 1 aromatic rings. The smallest absolute Gasteiger partial charge is 0.408 e. The zero-order chi connectivity index (χ0) is 29.7. The quantitative estimate of drug-likeness (QED) is 0.386. The maximum absolute atomic E-state index is 14.1. The molecular formula is C29H39F2N3O7. The largest absolute Gasteiger partial charge is 0.480 e. The van der Waals surface area contributed by atoms with Gasteiger partial charge >= 0.3 is 12.1 Å². The third-order valence-corrected chi connectivity index (χ3v) is 8.25. The molecule has 12 heteroatoms. The summed E-state index contributed by atoms with van der Waals surface area (Å²) in [7, 11) is 0. The predicted octanol–water partition coefficient (Wildman–Crippen LogP) is 3.48. The van der Waals surface area contributed by atoms with Gasteiger partial charge in [-0.25, -0.2) is 18.4 Å². The second kappa shape index (κ2) is 13.1. The predicted molar refractivity (Wildman–Crippen MR) is 143 cm³/mol. The lowest BCUT2D eigenvalue weighted by molar-refractivity contribution is -0.146. The number of carbonyl (C=O) groups excluding carboxylic acids is 3. The third-order valence-electron chi connectivity index (χ3n) is 8.25. The Kier molecular flexibility index (Phi) is 9.83. The minimum Gasteiger partial charge on any atom is -0.480 e. The van der Waals surface area contributed by atoms with Crippen molar-refractivity contribution in [3.63, 3.8) is 0 Å². The zero-order valence-electron chi connectivity index (χ0n) is 23.4. The molecular weight excluding hydrogens is 540 g/mol. The monoisotopic (exact) mass is 579 g/mol. The van der Waals surface area contributed by atoms with Crippen LogP contribution >= 0.6 is 0 Å². The van der Waals surface area contributed by atoms with Crippen LogP contribution in [0, 0.1) is 11.8 Å². The summed E-state index contributed by atoms with van der Waals surface area (Å²) in [6.45, 7) is 3.79. The molecule has 0 bridgehead atoms. The zero-order valence-corrected chi connectivity index (χ0v) is 23.4. The number of hydrogen-bond donors (Lipinski definition) is 3. The maximum atomic E-state index is 14.1. The molecule has 0 unspecified atom stereocenters. The lowest BCUT2D eigenvalue weighted by Gasteiger charge is -2.36. The van der Waals surface area contributed by atoms with Crippen molar-refractivity contribution >= 4 is 23.9 Å². The summed E-state index contributed by atoms with van der Waals surface area (Å²) in [4.78, 5) is 53.5. The highest BCUT2D eigenvalue weighted by Crippen LogP contribution is 2.43. The molecule has 3 N–H and O–H groups in total. The Morgan fingerprint density at radius 3 is 2.41 bits per heavy atom. The van der Waals surface area contributed by atoms with Gasteiger partial charge in [-0.05, 0) is 44.6 Å². The molecule has 41 heavy (non-hydrogen) atoms. The van der Waals surface area contributed by atoms with E-state index in [4.69, 9.17) is 9.47 Å². The van der Waals surface area contributed by atoms with E-state index in [9.17, 15) is 33.1 Å². The van der Waals surface area contributed by atoms with Crippen molar-refractivity contribution in [3.8, 4) is 0 Å². The fourth-order valence-corrected chi connectivity index (χ4v) is 6.41. The highest BCUT2D eigenvalue weighted by atomic mass is 19.3. The number of nitrogens with zero attached hydrogens (tertiary/aromatic N) is 1. The van der Waals surface area contributed by atoms with E-state index >= 15 is 0 Å². The number of hydrogen-bond acceptors (Lipinski definition) is 6. The van der Waals surface area contributed by atoms with E-state index in [1.165, 1.54) is 4.90 Å². The number of amides is 3. The molecule has 2 heterocycles. The summed E-state index contributed by atoms with van der Waals surface area (Å²) in [6, 6.07) is 5.18. The van der Waals surface area contributed by atoms with Crippen LogP contribution < -0.4 is 10.6 Å². The molecule has 3 fully saturated rings. The molecule has 0 spiro atoms. The van der Waals surface area contributed by atoms with E-state index in [2.05, 4.69) is 10.6 Å². The summed E-state index contributed by atoms with van der Waals surface area (Å²) in [5, 5.41) is 14.4. The molecule has 1 aromatic carbocycles. The maximum Gasteiger partial charge on any atom is 0.408 e. The van der Waals surface area contributed by atoms with Gasteiger partial charge in [-0.3, -0.25) is 9.59 Å². The van der Waals surface area contributed by atoms with Crippen LogP contribution in [-0.4, -0.2) is 76.7 Å². The van der Waals surface area contributed by atoms with Crippen LogP contribution in [-0.2, 0) is 30.5 Å². The molecule has 3 amide bonds. The van der Waals surface area contributed by atoms with Crippen LogP contribution in [0.25, 0.3) is 0 Å². The van der Waals surface area contributed by atoms with Crippen molar-refractivity contribution in [2.75, 3.05) is 6.54 Å². The minimum atomic E-state index is -2.94. The fraction of sp³-hybridized carbons (Fsp3) is 0.655. The van der Waals surface area contributed by atoms with Crippen molar-refractivity contribution in [2.24, 2.45) is 11.8 Å². The van der Waals surface area contributed by atoms with E-state index in [1.807, 2.05) is 44.2 Å². The number of aliphatic carboxylic acids is 1. The molecule has 5 atom stereocenters. The van der Waals surface area contributed by atoms with E-state index in [0.717, 1.165) is 24.8 Å². The Balaban J connectivity index is 1.55. The van der Waals surface area contributed by atoms with Gasteiger partial charge in [-0.2, -0.15) is 0 Å². The number of carbonyl (C=O) groups is 4. The average Bonchev–Trinajstić information content (AvgIpc) is 3.42. The van der Waals surface area contributed by atoms with Crippen molar-refractivity contribution < 1.29 is 42.5 Å². The van der Waals surface area contributed by atoms with Crippen molar-refractivity contribution in [1.29, 1.82) is 0 Å². The van der Waals surface area contributed by atoms with Gasteiger partial charge in [-0.15, -0.1) is 0 Å². The number of carboxylic acids is 1. The van der Waals surface area contributed by atoms with E-state index in [1.54, 1.807) is 0 Å². The highest BCUT2D eigenvalue weighted by Gasteiger charge is 2.56. The first-order valence-corrected chi connectivity index (χ1v) is 14.2. The van der Waals surface area contributed by atoms with E-state index < -0.39 is 72.5 Å². The number of fused-ring (bicyclic) bond motifs is 1. The number of ether oxygens (including phenoxy) is 2. The van der Waals surface area contributed by atoms with Crippen LogP contribution in [0.1, 0.15) is 64.4 Å². The molecule has 4 rings (SSSR count). The summed E-state index contributed by atoms with van der Waals surface area (Å²) < 4.78 is 37.6. The third kappa shape index (κ3) is 7.72. The standard InChI is InChI=1S/C29H39F2N3O7/c1-29(2)14-19-21(41-29)15-34(24(19)25(35)32-20(27(37)38)13-22(30)31)26(36)23(18-11-7-4-8-12-18)33-28(39)40-16-17-9-5-3-6-10-17/h3,5-6,9-10,18-24H,4,7-8,11-16H2,1-2H3,(H,32,35)(H,33,39)(H,37,38)/t19-,20-,21-,23-,24-/m0/s1. The highest BCUT2D eigenvalue weighted by molar-refractivity contribution is 5.94. The van der Waals surface area contributed by atoms with Gasteiger partial charge in [0.15, 0.2) is 0 Å². The number of rotatable bonds is 10. The molecule has 0 radical (unpaired) electrons. The van der Waals surface area contributed by atoms with Gasteiger partial charge in [0.1, 0.15) is 24.7 Å². The number of nitrogens with one attached hydrogen (secondary N) is 2. The second-order valence-corrected chi connectivity index (χ2v) is 11.8. The summed E-state index contributed by atoms with van der Waals surface area (Å²) in [5.41, 5.74) is 0.198. The Morgan fingerprint density at radius 1 is 1.10 bits per heavy atom. The van der Waals surface area contributed by atoms with E-state index in [-0.39, 0.29) is 19.1 Å². The molecule has 0 aromatic heterocycles. The van der Waals surface area contributed by atoms with Crippen molar-refractivity contribution in [1.82, 2.24) is 15.5 Å². The molecule has 1 saturated carbocycles. The Morgan fingerprint density at radius 2 is 1.78 bits per heavy atom. The summed E-state index contributed by atoms with van der Waals surface area (Å²) in [6.07, 6.45) is -0.676. The second-order valence-electron chi connectivity index (χ2n) is 11.8. The molecule has 10 nitrogen and oxygen atoms in total. The van der Waals surface area contributed by atoms with Crippen molar-refractivity contribution in [3.05, 3.63) is 35.9 Å². The molecule has 2 aliphatic heterocycles. The summed E-state index contributed by atoms with van der Waals surface area (Å²) >= 11 is 0. The van der Waals surface area contributed by atoms with Crippen LogP contribution in [0.2, 0.25) is 0 Å². The van der Waals surface area contributed by atoms with Crippen LogP contribution in [0.15, 0.2) is 30.3 Å². The fourth-order valence-electron chi connectivity index (χ4n) is 6.41. The van der Waals surface area contributed by atoms with Gasteiger partial charge in [0.05, 0.1) is 11.7 Å². The number of halogens is 2. The number of carboxylic acid groups (broad SMARTS) is 1. The lowest BCUT2D eigenvalue weighted by Crippen LogP contribution is -2.58. The first kappa shape index (κ1) is 30.7. The Bertz CT molecular complexity index is 1100. The molecule has 226 valence electrons.